The first kappa shape index (κ1) is 10.1. The zero-order chi connectivity index (χ0) is 8.85. The summed E-state index contributed by atoms with van der Waals surface area (Å²) in [4.78, 5) is 4.15. The molecule has 0 radical (unpaired) electrons. The molecule has 0 saturated carbocycles. The molecule has 1 aromatic heterocycles. The van der Waals surface area contributed by atoms with Gasteiger partial charge in [0.05, 0.1) is 0 Å². The number of hydrogen-bond acceptors (Lipinski definition) is 2. The third kappa shape index (κ3) is 3.74. The molecule has 11 heavy (non-hydrogen) atoms. The highest BCUT2D eigenvalue weighted by molar-refractivity contribution is 9.10. The molecule has 0 N–H and O–H groups in total. The van der Waals surface area contributed by atoms with E-state index in [2.05, 4.69) is 34.4 Å². The Morgan fingerprint density at radius 2 is 1.91 bits per heavy atom. The van der Waals surface area contributed by atoms with E-state index in [0.29, 0.717) is 0 Å². The molecule has 0 amide bonds. The maximum Gasteiger partial charge on any atom is 0.106 e. The highest BCUT2D eigenvalue weighted by Crippen LogP contribution is 2.09. The van der Waals surface area contributed by atoms with Crippen molar-refractivity contribution in [2.45, 2.75) is 13.8 Å². The minimum absolute atomic E-state index is 0.917. The highest BCUT2D eigenvalue weighted by atomic mass is 79.9. The molecule has 2 nitrogen and oxygen atoms in total. The highest BCUT2D eigenvalue weighted by Gasteiger charge is 1.90. The van der Waals surface area contributed by atoms with Crippen molar-refractivity contribution in [1.82, 2.24) is 4.98 Å². The van der Waals surface area contributed by atoms with E-state index in [1.807, 2.05) is 19.1 Å². The predicted octanol–water partition coefficient (Wildman–Crippen LogP) is 2.60. The Morgan fingerprint density at radius 1 is 1.36 bits per heavy atom. The lowest BCUT2D eigenvalue weighted by Crippen LogP contribution is -1.82. The smallest absolute Gasteiger partial charge is 0.106 e. The molecule has 1 aromatic rings. The van der Waals surface area contributed by atoms with Crippen molar-refractivity contribution in [3.8, 4) is 6.57 Å². The van der Waals surface area contributed by atoms with Gasteiger partial charge in [0.15, 0.2) is 0 Å². The molecule has 0 spiro atoms. The number of aryl methyl sites for hydroxylation is 2. The van der Waals surface area contributed by atoms with Gasteiger partial charge in [-0.2, -0.15) is 0 Å². The van der Waals surface area contributed by atoms with Crippen LogP contribution in [0.25, 0.3) is 0 Å². The summed E-state index contributed by atoms with van der Waals surface area (Å²) in [5.74, 6) is 0. The number of halogens is 1. The Hall–Kier alpha value is -0.880. The summed E-state index contributed by atoms with van der Waals surface area (Å²) in [6, 6.07) is 4.04. The molecule has 0 bridgehead atoms. The van der Waals surface area contributed by atoms with Crippen molar-refractivity contribution in [3.63, 3.8) is 0 Å². The summed E-state index contributed by atoms with van der Waals surface area (Å²) in [6.07, 6.45) is 0. The lowest BCUT2D eigenvalue weighted by Gasteiger charge is -1.94. The van der Waals surface area contributed by atoms with Crippen LogP contribution in [0.1, 0.15) is 11.3 Å². The van der Waals surface area contributed by atoms with Crippen LogP contribution < -0.4 is 0 Å². The lowest BCUT2D eigenvalue weighted by molar-refractivity contribution is 1.14. The fourth-order valence-corrected chi connectivity index (χ4v) is 1.43. The van der Waals surface area contributed by atoms with Gasteiger partial charge in [-0.1, -0.05) is 0 Å². The fourth-order valence-electron chi connectivity index (χ4n) is 0.792. The quantitative estimate of drug-likeness (QED) is 0.621. The monoisotopic (exact) mass is 212 g/mol. The molecular formula is C8H9BrN2. The van der Waals surface area contributed by atoms with Crippen molar-refractivity contribution >= 4 is 15.9 Å². The van der Waals surface area contributed by atoms with Crippen LogP contribution in [0.2, 0.25) is 0 Å². The zero-order valence-corrected chi connectivity index (χ0v) is 8.09. The van der Waals surface area contributed by atoms with Crippen LogP contribution >= 0.6 is 15.9 Å². The van der Waals surface area contributed by atoms with E-state index in [1.165, 1.54) is 5.56 Å². The summed E-state index contributed by atoms with van der Waals surface area (Å²) in [5, 5.41) is 6.50. The Balaban J connectivity index is 0.000000461. The van der Waals surface area contributed by atoms with Crippen LogP contribution in [0.4, 0.5) is 0 Å². The van der Waals surface area contributed by atoms with Crippen LogP contribution in [0, 0.1) is 25.7 Å². The van der Waals surface area contributed by atoms with Crippen molar-refractivity contribution in [2.75, 3.05) is 0 Å². The van der Waals surface area contributed by atoms with Crippen LogP contribution in [0.15, 0.2) is 16.7 Å². The van der Waals surface area contributed by atoms with E-state index in [4.69, 9.17) is 5.26 Å². The molecule has 58 valence electrons. The minimum Gasteiger partial charge on any atom is -0.246 e. The molecule has 1 rings (SSSR count). The van der Waals surface area contributed by atoms with Gasteiger partial charge in [-0.15, -0.1) is 0 Å². The summed E-state index contributed by atoms with van der Waals surface area (Å²) in [7, 11) is 0. The Bertz CT molecular complexity index is 205. The minimum atomic E-state index is 0.917. The first-order chi connectivity index (χ1) is 5.18. The maximum absolute atomic E-state index is 6.50. The molecule has 0 fully saturated rings. The number of nitrogens with zero attached hydrogens (tertiary/aromatic N) is 2. The number of pyridine rings is 1. The molecule has 0 aliphatic rings. The molecule has 0 unspecified atom stereocenters. The maximum atomic E-state index is 6.50. The average molecular weight is 213 g/mol. The first-order valence-electron chi connectivity index (χ1n) is 3.05. The molecule has 0 aromatic carbocycles. The topological polar surface area (TPSA) is 36.7 Å². The van der Waals surface area contributed by atoms with Crippen LogP contribution in [-0.4, -0.2) is 4.98 Å². The summed E-state index contributed by atoms with van der Waals surface area (Å²) < 4.78 is 0.917. The van der Waals surface area contributed by atoms with Crippen molar-refractivity contribution in [2.24, 2.45) is 0 Å². The van der Waals surface area contributed by atoms with Gasteiger partial charge in [0.25, 0.3) is 0 Å². The molecule has 0 saturated heterocycles. The first-order valence-corrected chi connectivity index (χ1v) is 3.84. The second-order valence-corrected chi connectivity index (χ2v) is 2.92. The van der Waals surface area contributed by atoms with Crippen molar-refractivity contribution < 1.29 is 0 Å². The molecule has 0 atom stereocenters. The third-order valence-corrected chi connectivity index (χ3v) is 1.47. The van der Waals surface area contributed by atoms with Crippen LogP contribution in [-0.2, 0) is 0 Å². The number of nitriles is 1. The molecular weight excluding hydrogens is 204 g/mol. The third-order valence-electron chi connectivity index (χ3n) is 1.07. The lowest BCUT2D eigenvalue weighted by atomic mass is 10.3. The summed E-state index contributed by atoms with van der Waals surface area (Å²) in [5.41, 5.74) is 2.30. The van der Waals surface area contributed by atoms with Gasteiger partial charge in [-0.05, 0) is 47.5 Å². The fraction of sp³-hybridized carbons (Fsp3) is 0.250. The SMILES string of the molecule is C#N.Cc1cc(C)nc(Br)c1. The van der Waals surface area contributed by atoms with Gasteiger partial charge in [-0.3, -0.25) is 0 Å². The van der Waals surface area contributed by atoms with Gasteiger partial charge in [-0.25, -0.2) is 10.2 Å². The molecule has 1 heterocycles. The van der Waals surface area contributed by atoms with Crippen molar-refractivity contribution in [3.05, 3.63) is 28.0 Å². The van der Waals surface area contributed by atoms with Crippen LogP contribution in [0.3, 0.4) is 0 Å². The van der Waals surface area contributed by atoms with Gasteiger partial charge >= 0.3 is 0 Å². The zero-order valence-electron chi connectivity index (χ0n) is 6.50. The van der Waals surface area contributed by atoms with Crippen molar-refractivity contribution in [1.29, 1.82) is 5.26 Å². The number of hydrogen-bond donors (Lipinski definition) is 0. The van der Waals surface area contributed by atoms with E-state index in [-0.39, 0.29) is 0 Å². The van der Waals surface area contributed by atoms with Gasteiger partial charge in [0.1, 0.15) is 4.60 Å². The van der Waals surface area contributed by atoms with E-state index < -0.39 is 0 Å². The van der Waals surface area contributed by atoms with Gasteiger partial charge in [0.2, 0.25) is 0 Å². The van der Waals surface area contributed by atoms with E-state index in [9.17, 15) is 0 Å². The largest absolute Gasteiger partial charge is 0.246 e. The predicted molar refractivity (Wildman–Crippen MR) is 48.1 cm³/mol. The van der Waals surface area contributed by atoms with E-state index >= 15 is 0 Å². The molecule has 0 aliphatic heterocycles. The van der Waals surface area contributed by atoms with E-state index in [0.717, 1.165) is 10.3 Å². The molecule has 0 aliphatic carbocycles. The number of aromatic nitrogens is 1. The second-order valence-electron chi connectivity index (χ2n) is 2.11. The van der Waals surface area contributed by atoms with Gasteiger partial charge in [0, 0.05) is 12.3 Å². The van der Waals surface area contributed by atoms with Crippen LogP contribution in [0.5, 0.6) is 0 Å². The Morgan fingerprint density at radius 3 is 2.27 bits per heavy atom. The average Bonchev–Trinajstić information content (AvgIpc) is 1.88. The molecule has 3 heteroatoms. The Kier molecular flexibility index (Phi) is 4.47. The summed E-state index contributed by atoms with van der Waals surface area (Å²) >= 11 is 3.30. The Labute approximate surface area is 75.0 Å². The summed E-state index contributed by atoms with van der Waals surface area (Å²) in [6.45, 7) is 7.54. The normalized spacial score (nSPS) is 8.09. The van der Waals surface area contributed by atoms with E-state index in [1.54, 1.807) is 0 Å². The standard InChI is InChI=1S/C7H8BrN.CHN/c1-5-3-6(2)9-7(8)4-5;1-2/h3-4H,1-2H3;1H. The van der Waals surface area contributed by atoms with Gasteiger partial charge < -0.3 is 0 Å². The second kappa shape index (κ2) is 4.86. The number of rotatable bonds is 0.